The van der Waals surface area contributed by atoms with Crippen molar-refractivity contribution in [3.05, 3.63) is 35.5 Å². The van der Waals surface area contributed by atoms with Crippen molar-refractivity contribution in [2.75, 3.05) is 5.32 Å². The Labute approximate surface area is 99.2 Å². The lowest BCUT2D eigenvalue weighted by atomic mass is 10.2. The zero-order valence-corrected chi connectivity index (χ0v) is 9.73. The van der Waals surface area contributed by atoms with Crippen molar-refractivity contribution in [1.82, 2.24) is 4.98 Å². The van der Waals surface area contributed by atoms with Crippen LogP contribution in [0.5, 0.6) is 0 Å². The highest BCUT2D eigenvalue weighted by Crippen LogP contribution is 2.07. The Morgan fingerprint density at radius 3 is 2.76 bits per heavy atom. The van der Waals surface area contributed by atoms with Gasteiger partial charge in [0.2, 0.25) is 0 Å². The van der Waals surface area contributed by atoms with Crippen molar-refractivity contribution in [2.24, 2.45) is 0 Å². The first-order valence-electron chi connectivity index (χ1n) is 5.23. The van der Waals surface area contributed by atoms with Gasteiger partial charge in [-0.15, -0.1) is 0 Å². The Bertz CT molecular complexity index is 467. The second-order valence-electron chi connectivity index (χ2n) is 3.46. The summed E-state index contributed by atoms with van der Waals surface area (Å²) in [5.74, 6) is -1.16. The molecule has 17 heavy (non-hydrogen) atoms. The number of carboxylic acids is 1. The molecule has 0 atom stereocenters. The zero-order chi connectivity index (χ0) is 12.8. The first kappa shape index (κ1) is 12.9. The number of carbonyl (C=O) groups is 2. The largest absolute Gasteiger partial charge is 0.477 e. The van der Waals surface area contributed by atoms with Crippen molar-refractivity contribution in [1.29, 1.82) is 0 Å². The molecule has 5 nitrogen and oxygen atoms in total. The highest BCUT2D eigenvalue weighted by Gasteiger charge is 2.08. The van der Waals surface area contributed by atoms with Gasteiger partial charge >= 0.3 is 5.97 Å². The summed E-state index contributed by atoms with van der Waals surface area (Å²) in [6.45, 7) is 3.62. The van der Waals surface area contributed by atoms with Gasteiger partial charge in [0, 0.05) is 5.57 Å². The number of pyridine rings is 1. The number of hydrogen-bond acceptors (Lipinski definition) is 3. The SMILES string of the molecule is CCC=C(C)C(=O)Nc1cccc(C(=O)O)n1. The lowest BCUT2D eigenvalue weighted by Crippen LogP contribution is -2.14. The molecule has 0 saturated heterocycles. The Hall–Kier alpha value is -2.17. The third kappa shape index (κ3) is 3.71. The number of aromatic nitrogens is 1. The van der Waals surface area contributed by atoms with Crippen molar-refractivity contribution in [3.8, 4) is 0 Å². The molecule has 0 saturated carbocycles. The van der Waals surface area contributed by atoms with Gasteiger partial charge in [0.15, 0.2) is 5.69 Å². The monoisotopic (exact) mass is 234 g/mol. The number of rotatable bonds is 4. The summed E-state index contributed by atoms with van der Waals surface area (Å²) < 4.78 is 0. The third-order valence-electron chi connectivity index (χ3n) is 2.08. The van der Waals surface area contributed by atoms with Crippen LogP contribution in [0.25, 0.3) is 0 Å². The molecule has 0 aromatic carbocycles. The van der Waals surface area contributed by atoms with Crippen LogP contribution in [0.3, 0.4) is 0 Å². The molecule has 0 aliphatic heterocycles. The quantitative estimate of drug-likeness (QED) is 0.781. The molecular formula is C12H14N2O3. The molecule has 1 aromatic heterocycles. The molecule has 0 spiro atoms. The predicted molar refractivity (Wildman–Crippen MR) is 63.9 cm³/mol. The summed E-state index contributed by atoms with van der Waals surface area (Å²) in [5.41, 5.74) is 0.481. The van der Waals surface area contributed by atoms with Crippen LogP contribution in [0.2, 0.25) is 0 Å². The second-order valence-corrected chi connectivity index (χ2v) is 3.46. The minimum Gasteiger partial charge on any atom is -0.477 e. The molecule has 0 fully saturated rings. The molecular weight excluding hydrogens is 220 g/mol. The summed E-state index contributed by atoms with van der Waals surface area (Å²) >= 11 is 0. The maximum absolute atomic E-state index is 11.6. The lowest BCUT2D eigenvalue weighted by molar-refractivity contribution is -0.112. The Morgan fingerprint density at radius 1 is 1.47 bits per heavy atom. The van der Waals surface area contributed by atoms with Gasteiger partial charge in [-0.05, 0) is 25.5 Å². The maximum Gasteiger partial charge on any atom is 0.354 e. The molecule has 5 heteroatoms. The number of nitrogens with zero attached hydrogens (tertiary/aromatic N) is 1. The van der Waals surface area contributed by atoms with E-state index in [-0.39, 0.29) is 17.4 Å². The minimum absolute atomic E-state index is 0.0973. The maximum atomic E-state index is 11.6. The highest BCUT2D eigenvalue weighted by atomic mass is 16.4. The highest BCUT2D eigenvalue weighted by molar-refractivity contribution is 6.02. The van der Waals surface area contributed by atoms with Crippen LogP contribution in [-0.4, -0.2) is 22.0 Å². The standard InChI is InChI=1S/C12H14N2O3/c1-3-5-8(2)11(15)14-10-7-4-6-9(13-10)12(16)17/h4-7H,3H2,1-2H3,(H,16,17)(H,13,14,15). The van der Waals surface area contributed by atoms with Crippen LogP contribution < -0.4 is 5.32 Å². The van der Waals surface area contributed by atoms with Gasteiger partial charge in [0.05, 0.1) is 0 Å². The zero-order valence-electron chi connectivity index (χ0n) is 9.73. The molecule has 1 amide bonds. The molecule has 0 bridgehead atoms. The molecule has 1 heterocycles. The fourth-order valence-electron chi connectivity index (χ4n) is 1.24. The normalized spacial score (nSPS) is 11.1. The van der Waals surface area contributed by atoms with Gasteiger partial charge in [-0.25, -0.2) is 9.78 Å². The molecule has 2 N–H and O–H groups in total. The number of allylic oxidation sites excluding steroid dienone is 1. The molecule has 0 aliphatic carbocycles. The van der Waals surface area contributed by atoms with Gasteiger partial charge in [-0.2, -0.15) is 0 Å². The molecule has 0 radical (unpaired) electrons. The fourth-order valence-corrected chi connectivity index (χ4v) is 1.24. The van der Waals surface area contributed by atoms with Crippen LogP contribution in [0.4, 0.5) is 5.82 Å². The Balaban J connectivity index is 2.82. The summed E-state index contributed by atoms with van der Waals surface area (Å²) in [6.07, 6.45) is 2.55. The first-order chi connectivity index (χ1) is 8.04. The van der Waals surface area contributed by atoms with E-state index >= 15 is 0 Å². The molecule has 90 valence electrons. The van der Waals surface area contributed by atoms with E-state index in [0.717, 1.165) is 6.42 Å². The van der Waals surface area contributed by atoms with Crippen molar-refractivity contribution in [2.45, 2.75) is 20.3 Å². The minimum atomic E-state index is -1.12. The average Bonchev–Trinajstić information content (AvgIpc) is 2.29. The topological polar surface area (TPSA) is 79.3 Å². The predicted octanol–water partition coefficient (Wildman–Crippen LogP) is 2.07. The van der Waals surface area contributed by atoms with E-state index in [2.05, 4.69) is 10.3 Å². The Kier molecular flexibility index (Phi) is 4.39. The summed E-state index contributed by atoms with van der Waals surface area (Å²) in [7, 11) is 0. The van der Waals surface area contributed by atoms with E-state index in [1.165, 1.54) is 12.1 Å². The number of carbonyl (C=O) groups excluding carboxylic acids is 1. The van der Waals surface area contributed by atoms with Gasteiger partial charge < -0.3 is 10.4 Å². The molecule has 1 rings (SSSR count). The van der Waals surface area contributed by atoms with Crippen LogP contribution >= 0.6 is 0 Å². The van der Waals surface area contributed by atoms with Gasteiger partial charge in [0.25, 0.3) is 5.91 Å². The van der Waals surface area contributed by atoms with Crippen LogP contribution in [0, 0.1) is 0 Å². The van der Waals surface area contributed by atoms with Crippen molar-refractivity contribution in [3.63, 3.8) is 0 Å². The summed E-state index contributed by atoms with van der Waals surface area (Å²) in [6, 6.07) is 4.45. The number of anilines is 1. The smallest absolute Gasteiger partial charge is 0.354 e. The van der Waals surface area contributed by atoms with E-state index in [0.29, 0.717) is 5.57 Å². The van der Waals surface area contributed by atoms with E-state index in [4.69, 9.17) is 5.11 Å². The van der Waals surface area contributed by atoms with Crippen molar-refractivity contribution < 1.29 is 14.7 Å². The second kappa shape index (κ2) is 5.79. The van der Waals surface area contributed by atoms with Crippen molar-refractivity contribution >= 4 is 17.7 Å². The fraction of sp³-hybridized carbons (Fsp3) is 0.250. The van der Waals surface area contributed by atoms with E-state index < -0.39 is 5.97 Å². The number of hydrogen-bond donors (Lipinski definition) is 2. The van der Waals surface area contributed by atoms with Gasteiger partial charge in [0.1, 0.15) is 5.82 Å². The number of amides is 1. The molecule has 0 unspecified atom stereocenters. The van der Waals surface area contributed by atoms with Crippen LogP contribution in [0.15, 0.2) is 29.8 Å². The summed E-state index contributed by atoms with van der Waals surface area (Å²) in [4.78, 5) is 26.1. The lowest BCUT2D eigenvalue weighted by Gasteiger charge is -2.04. The first-order valence-corrected chi connectivity index (χ1v) is 5.23. The van der Waals surface area contributed by atoms with E-state index in [9.17, 15) is 9.59 Å². The molecule has 1 aromatic rings. The Morgan fingerprint density at radius 2 is 2.18 bits per heavy atom. The number of nitrogens with one attached hydrogen (secondary N) is 1. The van der Waals surface area contributed by atoms with Crippen LogP contribution in [0.1, 0.15) is 30.8 Å². The van der Waals surface area contributed by atoms with Gasteiger partial charge in [-0.3, -0.25) is 4.79 Å². The van der Waals surface area contributed by atoms with E-state index in [1.54, 1.807) is 19.1 Å². The number of carboxylic acid groups (broad SMARTS) is 1. The average molecular weight is 234 g/mol. The number of aromatic carboxylic acids is 1. The molecule has 0 aliphatic rings. The third-order valence-corrected chi connectivity index (χ3v) is 2.08. The summed E-state index contributed by atoms with van der Waals surface area (Å²) in [5, 5.41) is 11.3. The van der Waals surface area contributed by atoms with Gasteiger partial charge in [-0.1, -0.05) is 19.1 Å². The van der Waals surface area contributed by atoms with E-state index in [1.807, 2.05) is 6.92 Å². The van der Waals surface area contributed by atoms with Crippen LogP contribution in [-0.2, 0) is 4.79 Å².